The largest absolute Gasteiger partial charge is 0.365 e. The van der Waals surface area contributed by atoms with Crippen LogP contribution in [0, 0.1) is 19.3 Å². The van der Waals surface area contributed by atoms with Gasteiger partial charge >= 0.3 is 0 Å². The van der Waals surface area contributed by atoms with E-state index in [0.717, 1.165) is 11.1 Å². The molecule has 0 unspecified atom stereocenters. The Hall–Kier alpha value is -3.74. The van der Waals surface area contributed by atoms with Gasteiger partial charge in [0.1, 0.15) is 11.1 Å². The molecule has 4 rings (SSSR count). The lowest BCUT2D eigenvalue weighted by Crippen LogP contribution is -2.31. The summed E-state index contributed by atoms with van der Waals surface area (Å²) >= 11 is 0. The number of carbonyl (C=O) groups is 1. The van der Waals surface area contributed by atoms with Crippen molar-refractivity contribution in [2.45, 2.75) is 13.8 Å². The Balaban J connectivity index is 2.25. The quantitative estimate of drug-likeness (QED) is 0.533. The maximum atomic E-state index is 13.1. The van der Waals surface area contributed by atoms with Gasteiger partial charge in [0, 0.05) is 11.9 Å². The minimum atomic E-state index is -0.767. The van der Waals surface area contributed by atoms with E-state index in [2.05, 4.69) is 4.98 Å². The van der Waals surface area contributed by atoms with Gasteiger partial charge in [-0.05, 0) is 43.7 Å². The molecule has 3 heterocycles. The van der Waals surface area contributed by atoms with Gasteiger partial charge in [-0.3, -0.25) is 24.0 Å². The third kappa shape index (κ3) is 2.60. The molecule has 0 saturated carbocycles. The number of rotatable bonds is 2. The summed E-state index contributed by atoms with van der Waals surface area (Å²) in [5, 5.41) is 8.70. The van der Waals surface area contributed by atoms with Crippen LogP contribution in [0.2, 0.25) is 0 Å². The summed E-state index contributed by atoms with van der Waals surface area (Å²) in [6, 6.07) is 12.4. The zero-order valence-corrected chi connectivity index (χ0v) is 14.9. The first-order valence-electron chi connectivity index (χ1n) is 8.37. The van der Waals surface area contributed by atoms with Crippen molar-refractivity contribution in [3.8, 4) is 5.69 Å². The van der Waals surface area contributed by atoms with Gasteiger partial charge in [-0.25, -0.2) is 4.98 Å². The number of hydrogen-bond acceptors (Lipinski definition) is 4. The van der Waals surface area contributed by atoms with E-state index in [1.165, 1.54) is 15.0 Å². The maximum Gasteiger partial charge on any atom is 0.267 e. The molecule has 0 bridgehead atoms. The number of pyridine rings is 2. The summed E-state index contributed by atoms with van der Waals surface area (Å²) in [7, 11) is 0. The van der Waals surface area contributed by atoms with Crippen molar-refractivity contribution in [2.24, 2.45) is 5.73 Å². The van der Waals surface area contributed by atoms with Crippen LogP contribution in [0.4, 0.5) is 0 Å². The summed E-state index contributed by atoms with van der Waals surface area (Å²) in [6.07, 6.45) is 1.69. The standard InChI is InChI=1S/C20H17N5O2/c1-11-3-6-13(7-4-11)25-17(21)14(18(22)26)9-15-19(25)23-16-8-5-12(2)10-24(16)20(15)27/h3-10,21H,1-2H3,(H2,22,26). The third-order valence-electron chi connectivity index (χ3n) is 4.52. The van der Waals surface area contributed by atoms with E-state index in [-0.39, 0.29) is 22.0 Å². The van der Waals surface area contributed by atoms with Crippen molar-refractivity contribution >= 4 is 22.6 Å². The normalized spacial score (nSPS) is 11.2. The van der Waals surface area contributed by atoms with Crippen molar-refractivity contribution in [3.05, 3.63) is 81.2 Å². The van der Waals surface area contributed by atoms with E-state index in [9.17, 15) is 9.59 Å². The number of nitrogens with zero attached hydrogens (tertiary/aromatic N) is 3. The second-order valence-corrected chi connectivity index (χ2v) is 6.53. The van der Waals surface area contributed by atoms with Crippen LogP contribution in [0.15, 0.2) is 53.5 Å². The zero-order valence-electron chi connectivity index (χ0n) is 14.9. The van der Waals surface area contributed by atoms with Crippen molar-refractivity contribution in [1.29, 1.82) is 5.41 Å². The summed E-state index contributed by atoms with van der Waals surface area (Å²) < 4.78 is 2.92. The SMILES string of the molecule is Cc1ccc(-n2c(=N)c(C(N)=O)cc3c(=O)n4cc(C)ccc4nc32)cc1. The average Bonchev–Trinajstić information content (AvgIpc) is 2.63. The van der Waals surface area contributed by atoms with Crippen molar-refractivity contribution in [1.82, 2.24) is 14.0 Å². The van der Waals surface area contributed by atoms with Gasteiger partial charge in [-0.1, -0.05) is 23.8 Å². The van der Waals surface area contributed by atoms with Crippen LogP contribution in [0.1, 0.15) is 21.5 Å². The minimum Gasteiger partial charge on any atom is -0.365 e. The number of carbonyl (C=O) groups excluding carboxylic acids is 1. The Kier molecular flexibility index (Phi) is 3.66. The predicted molar refractivity (Wildman–Crippen MR) is 102 cm³/mol. The molecule has 27 heavy (non-hydrogen) atoms. The van der Waals surface area contributed by atoms with E-state index in [1.807, 2.05) is 44.2 Å². The number of nitrogens with one attached hydrogen (secondary N) is 1. The van der Waals surface area contributed by atoms with Gasteiger partial charge in [0.2, 0.25) is 0 Å². The van der Waals surface area contributed by atoms with Gasteiger partial charge in [-0.15, -0.1) is 0 Å². The number of nitrogens with two attached hydrogens (primary N) is 1. The Labute approximate surface area is 153 Å². The molecule has 3 N–H and O–H groups in total. The molecule has 7 nitrogen and oxygen atoms in total. The fourth-order valence-corrected chi connectivity index (χ4v) is 3.12. The van der Waals surface area contributed by atoms with Crippen LogP contribution in [-0.2, 0) is 0 Å². The summed E-state index contributed by atoms with van der Waals surface area (Å²) in [6.45, 7) is 3.83. The molecular formula is C20H17N5O2. The van der Waals surface area contributed by atoms with Crippen LogP contribution in [0.5, 0.6) is 0 Å². The molecule has 134 valence electrons. The first-order chi connectivity index (χ1) is 12.9. The Bertz CT molecular complexity index is 1350. The molecule has 1 aromatic carbocycles. The zero-order chi connectivity index (χ0) is 19.3. The predicted octanol–water partition coefficient (Wildman–Crippen LogP) is 1.83. The van der Waals surface area contributed by atoms with Crippen molar-refractivity contribution in [2.75, 3.05) is 0 Å². The van der Waals surface area contributed by atoms with Crippen LogP contribution in [0.3, 0.4) is 0 Å². The van der Waals surface area contributed by atoms with Crippen LogP contribution in [0.25, 0.3) is 22.4 Å². The van der Waals surface area contributed by atoms with Gasteiger partial charge in [0.15, 0.2) is 5.65 Å². The van der Waals surface area contributed by atoms with E-state index >= 15 is 0 Å². The fraction of sp³-hybridized carbons (Fsp3) is 0.100. The lowest BCUT2D eigenvalue weighted by Gasteiger charge is -2.14. The van der Waals surface area contributed by atoms with Crippen LogP contribution >= 0.6 is 0 Å². The molecule has 3 aromatic heterocycles. The van der Waals surface area contributed by atoms with E-state index < -0.39 is 5.91 Å². The first-order valence-corrected chi connectivity index (χ1v) is 8.37. The number of amides is 1. The van der Waals surface area contributed by atoms with Gasteiger partial charge < -0.3 is 5.73 Å². The monoisotopic (exact) mass is 359 g/mol. The number of primary amides is 1. The molecular weight excluding hydrogens is 342 g/mol. The summed E-state index contributed by atoms with van der Waals surface area (Å²) in [5.74, 6) is -0.767. The highest BCUT2D eigenvalue weighted by Gasteiger charge is 2.17. The van der Waals surface area contributed by atoms with E-state index in [4.69, 9.17) is 11.1 Å². The van der Waals surface area contributed by atoms with Crippen LogP contribution in [-0.4, -0.2) is 19.9 Å². The highest BCUT2D eigenvalue weighted by Crippen LogP contribution is 2.16. The Morgan fingerprint density at radius 2 is 1.74 bits per heavy atom. The molecule has 0 fully saturated rings. The summed E-state index contributed by atoms with van der Waals surface area (Å²) in [4.78, 5) is 29.5. The second-order valence-electron chi connectivity index (χ2n) is 6.53. The topological polar surface area (TPSA) is 106 Å². The van der Waals surface area contributed by atoms with Crippen LogP contribution < -0.4 is 16.8 Å². The molecule has 0 atom stereocenters. The lowest BCUT2D eigenvalue weighted by molar-refractivity contribution is 0.0998. The number of aryl methyl sites for hydroxylation is 2. The molecule has 0 spiro atoms. The van der Waals surface area contributed by atoms with Gasteiger partial charge in [0.05, 0.1) is 10.9 Å². The molecule has 0 aliphatic heterocycles. The van der Waals surface area contributed by atoms with Gasteiger partial charge in [-0.2, -0.15) is 0 Å². The molecule has 0 radical (unpaired) electrons. The molecule has 0 saturated heterocycles. The van der Waals surface area contributed by atoms with E-state index in [1.54, 1.807) is 12.3 Å². The molecule has 7 heteroatoms. The minimum absolute atomic E-state index is 0.0328. The maximum absolute atomic E-state index is 13.1. The molecule has 1 amide bonds. The van der Waals surface area contributed by atoms with Gasteiger partial charge in [0.25, 0.3) is 11.5 Å². The number of aromatic nitrogens is 3. The van der Waals surface area contributed by atoms with E-state index in [0.29, 0.717) is 17.0 Å². The number of benzene rings is 1. The number of hydrogen-bond donors (Lipinski definition) is 2. The Morgan fingerprint density at radius 1 is 1.07 bits per heavy atom. The molecule has 0 aliphatic carbocycles. The highest BCUT2D eigenvalue weighted by atomic mass is 16.1. The Morgan fingerprint density at radius 3 is 2.41 bits per heavy atom. The third-order valence-corrected chi connectivity index (χ3v) is 4.52. The molecule has 0 aliphatic rings. The fourth-order valence-electron chi connectivity index (χ4n) is 3.12. The molecule has 4 aromatic rings. The number of fused-ring (bicyclic) bond motifs is 2. The first kappa shape index (κ1) is 16.7. The smallest absolute Gasteiger partial charge is 0.267 e. The summed E-state index contributed by atoms with van der Waals surface area (Å²) in [5.41, 5.74) is 8.36. The average molecular weight is 359 g/mol. The van der Waals surface area contributed by atoms with Crippen molar-refractivity contribution in [3.63, 3.8) is 0 Å². The highest BCUT2D eigenvalue weighted by molar-refractivity contribution is 5.96. The van der Waals surface area contributed by atoms with Crippen molar-refractivity contribution < 1.29 is 4.79 Å². The lowest BCUT2D eigenvalue weighted by atomic mass is 10.1. The second kappa shape index (κ2) is 5.91.